The van der Waals surface area contributed by atoms with Gasteiger partial charge in [-0.25, -0.2) is 0 Å². The molecule has 6 heteroatoms. The standard InChI is InChI=1S/C22H27BrN2O3/c1-14(2)16-8-11-19(18(23)12-16)28-13-20(26)24-25-21(27)15-6-9-17(10-7-15)22(3,4)5/h6-12,14H,13H2,1-5H3,(H,24,26)(H,25,27). The largest absolute Gasteiger partial charge is 0.483 e. The van der Waals surface area contributed by atoms with E-state index in [0.717, 1.165) is 10.0 Å². The van der Waals surface area contributed by atoms with Gasteiger partial charge in [0.2, 0.25) is 0 Å². The summed E-state index contributed by atoms with van der Waals surface area (Å²) in [6.45, 7) is 10.3. The summed E-state index contributed by atoms with van der Waals surface area (Å²) >= 11 is 3.45. The Morgan fingerprint density at radius 1 is 1.04 bits per heavy atom. The predicted octanol–water partition coefficient (Wildman–Crippen LogP) is 4.71. The normalized spacial score (nSPS) is 11.2. The van der Waals surface area contributed by atoms with E-state index in [0.29, 0.717) is 17.2 Å². The van der Waals surface area contributed by atoms with E-state index < -0.39 is 5.91 Å². The molecule has 0 bridgehead atoms. The fraction of sp³-hybridized carbons (Fsp3) is 0.364. The first-order valence-electron chi connectivity index (χ1n) is 9.20. The molecule has 2 aromatic carbocycles. The lowest BCUT2D eigenvalue weighted by atomic mass is 9.87. The molecule has 0 unspecified atom stereocenters. The van der Waals surface area contributed by atoms with Crippen molar-refractivity contribution in [3.63, 3.8) is 0 Å². The van der Waals surface area contributed by atoms with Gasteiger partial charge < -0.3 is 4.74 Å². The molecule has 2 amide bonds. The smallest absolute Gasteiger partial charge is 0.276 e. The molecule has 0 spiro atoms. The van der Waals surface area contributed by atoms with Crippen LogP contribution in [0.3, 0.4) is 0 Å². The molecular formula is C22H27BrN2O3. The number of carbonyl (C=O) groups excluding carboxylic acids is 2. The maximum Gasteiger partial charge on any atom is 0.276 e. The van der Waals surface area contributed by atoms with Crippen molar-refractivity contribution in [2.24, 2.45) is 0 Å². The number of benzene rings is 2. The van der Waals surface area contributed by atoms with Crippen molar-refractivity contribution >= 4 is 27.7 Å². The average Bonchev–Trinajstić information content (AvgIpc) is 2.64. The van der Waals surface area contributed by atoms with Gasteiger partial charge >= 0.3 is 0 Å². The highest BCUT2D eigenvalue weighted by molar-refractivity contribution is 9.10. The van der Waals surface area contributed by atoms with Gasteiger partial charge in [0.1, 0.15) is 5.75 Å². The third-order valence-electron chi connectivity index (χ3n) is 4.31. The average molecular weight is 447 g/mol. The number of rotatable bonds is 5. The quantitative estimate of drug-likeness (QED) is 0.653. The van der Waals surface area contributed by atoms with E-state index >= 15 is 0 Å². The Morgan fingerprint density at radius 3 is 2.21 bits per heavy atom. The number of hydrogen-bond donors (Lipinski definition) is 2. The van der Waals surface area contributed by atoms with Crippen LogP contribution in [-0.2, 0) is 10.2 Å². The number of amides is 2. The summed E-state index contributed by atoms with van der Waals surface area (Å²) in [6.07, 6.45) is 0. The minimum atomic E-state index is -0.445. The second kappa shape index (κ2) is 9.24. The van der Waals surface area contributed by atoms with Crippen LogP contribution in [0.15, 0.2) is 46.9 Å². The molecule has 0 fully saturated rings. The lowest BCUT2D eigenvalue weighted by molar-refractivity contribution is -0.123. The summed E-state index contributed by atoms with van der Waals surface area (Å²) in [4.78, 5) is 24.1. The zero-order valence-corrected chi connectivity index (χ0v) is 18.5. The molecule has 0 aliphatic heterocycles. The summed E-state index contributed by atoms with van der Waals surface area (Å²) in [7, 11) is 0. The van der Waals surface area contributed by atoms with Crippen molar-refractivity contribution < 1.29 is 14.3 Å². The zero-order chi connectivity index (χ0) is 20.9. The Balaban J connectivity index is 1.84. The van der Waals surface area contributed by atoms with Crippen LogP contribution in [0.5, 0.6) is 5.75 Å². The highest BCUT2D eigenvalue weighted by Crippen LogP contribution is 2.28. The molecule has 2 rings (SSSR count). The summed E-state index contributed by atoms with van der Waals surface area (Å²) in [5, 5.41) is 0. The Labute approximate surface area is 175 Å². The van der Waals surface area contributed by atoms with Crippen molar-refractivity contribution in [1.82, 2.24) is 10.9 Å². The van der Waals surface area contributed by atoms with Crippen molar-refractivity contribution in [2.45, 2.75) is 46.0 Å². The van der Waals surface area contributed by atoms with Crippen molar-refractivity contribution in [3.05, 3.63) is 63.6 Å². The number of hydrazine groups is 1. The second-order valence-corrected chi connectivity index (χ2v) is 8.82. The fourth-order valence-electron chi connectivity index (χ4n) is 2.49. The Hall–Kier alpha value is -2.34. The minimum Gasteiger partial charge on any atom is -0.483 e. The molecule has 150 valence electrons. The third kappa shape index (κ3) is 6.09. The van der Waals surface area contributed by atoms with E-state index in [-0.39, 0.29) is 17.9 Å². The Kier molecular flexibility index (Phi) is 7.24. The maximum absolute atomic E-state index is 12.2. The molecule has 2 aromatic rings. The minimum absolute atomic E-state index is 0.0161. The molecule has 0 aliphatic carbocycles. The number of nitrogens with one attached hydrogen (secondary N) is 2. The van der Waals surface area contributed by atoms with Gasteiger partial charge in [0.05, 0.1) is 4.47 Å². The fourth-order valence-corrected chi connectivity index (χ4v) is 3.00. The highest BCUT2D eigenvalue weighted by Gasteiger charge is 2.15. The summed E-state index contributed by atoms with van der Waals surface area (Å²) in [5.74, 6) is 0.153. The molecule has 0 saturated heterocycles. The Bertz CT molecular complexity index is 840. The lowest BCUT2D eigenvalue weighted by Crippen LogP contribution is -2.43. The summed E-state index contributed by atoms with van der Waals surface area (Å²) in [5.41, 5.74) is 7.57. The first-order chi connectivity index (χ1) is 13.1. The summed E-state index contributed by atoms with van der Waals surface area (Å²) in [6, 6.07) is 13.1. The number of hydrogen-bond acceptors (Lipinski definition) is 3. The zero-order valence-electron chi connectivity index (χ0n) is 16.9. The van der Waals surface area contributed by atoms with Crippen LogP contribution < -0.4 is 15.6 Å². The van der Waals surface area contributed by atoms with Crippen LogP contribution in [0.4, 0.5) is 0 Å². The molecule has 0 heterocycles. The van der Waals surface area contributed by atoms with E-state index in [9.17, 15) is 9.59 Å². The molecule has 2 N–H and O–H groups in total. The monoisotopic (exact) mass is 446 g/mol. The van der Waals surface area contributed by atoms with Gasteiger partial charge in [0, 0.05) is 5.56 Å². The van der Waals surface area contributed by atoms with Crippen molar-refractivity contribution in [3.8, 4) is 5.75 Å². The van der Waals surface area contributed by atoms with Crippen LogP contribution in [0.2, 0.25) is 0 Å². The molecule has 0 radical (unpaired) electrons. The topological polar surface area (TPSA) is 67.4 Å². The van der Waals surface area contributed by atoms with Gasteiger partial charge in [0.25, 0.3) is 11.8 Å². The third-order valence-corrected chi connectivity index (χ3v) is 4.93. The molecule has 0 aromatic heterocycles. The van der Waals surface area contributed by atoms with Crippen LogP contribution >= 0.6 is 15.9 Å². The van der Waals surface area contributed by atoms with Gasteiger partial charge in [-0.05, 0) is 62.7 Å². The van der Waals surface area contributed by atoms with E-state index in [1.165, 1.54) is 5.56 Å². The van der Waals surface area contributed by atoms with Crippen LogP contribution in [0.25, 0.3) is 0 Å². The molecule has 5 nitrogen and oxygen atoms in total. The van der Waals surface area contributed by atoms with Crippen LogP contribution in [0, 0.1) is 0 Å². The van der Waals surface area contributed by atoms with Gasteiger partial charge in [-0.2, -0.15) is 0 Å². The number of halogens is 1. The lowest BCUT2D eigenvalue weighted by Gasteiger charge is -2.19. The maximum atomic E-state index is 12.2. The van der Waals surface area contributed by atoms with Gasteiger partial charge in [-0.15, -0.1) is 0 Å². The van der Waals surface area contributed by atoms with Crippen molar-refractivity contribution in [1.29, 1.82) is 0 Å². The number of ether oxygens (including phenoxy) is 1. The molecule has 0 atom stereocenters. The molecule has 0 saturated carbocycles. The van der Waals surface area contributed by atoms with E-state index in [2.05, 4.69) is 61.4 Å². The van der Waals surface area contributed by atoms with Gasteiger partial charge in [-0.3, -0.25) is 20.4 Å². The predicted molar refractivity (Wildman–Crippen MR) is 114 cm³/mol. The number of carbonyl (C=O) groups is 2. The molecular weight excluding hydrogens is 420 g/mol. The Morgan fingerprint density at radius 2 is 1.68 bits per heavy atom. The van der Waals surface area contributed by atoms with Crippen molar-refractivity contribution in [2.75, 3.05) is 6.61 Å². The molecule has 0 aliphatic rings. The first-order valence-corrected chi connectivity index (χ1v) is 9.99. The summed E-state index contributed by atoms with van der Waals surface area (Å²) < 4.78 is 6.30. The highest BCUT2D eigenvalue weighted by atomic mass is 79.9. The second-order valence-electron chi connectivity index (χ2n) is 7.96. The van der Waals surface area contributed by atoms with E-state index in [4.69, 9.17) is 4.74 Å². The first kappa shape index (κ1) is 22.0. The molecule has 28 heavy (non-hydrogen) atoms. The SMILES string of the molecule is CC(C)c1ccc(OCC(=O)NNC(=O)c2ccc(C(C)(C)C)cc2)c(Br)c1. The van der Waals surface area contributed by atoms with E-state index in [1.807, 2.05) is 30.3 Å². The van der Waals surface area contributed by atoms with Gasteiger partial charge in [0.15, 0.2) is 6.61 Å². The van der Waals surface area contributed by atoms with Crippen LogP contribution in [0.1, 0.15) is 62.0 Å². The van der Waals surface area contributed by atoms with Crippen LogP contribution in [-0.4, -0.2) is 18.4 Å². The van der Waals surface area contributed by atoms with Gasteiger partial charge in [-0.1, -0.05) is 52.8 Å². The van der Waals surface area contributed by atoms with E-state index in [1.54, 1.807) is 12.1 Å².